The molecular weight excluding hydrogens is 482 g/mol. The number of nitrogens with zero attached hydrogens (tertiary/aromatic N) is 2. The first kappa shape index (κ1) is 23.7. The number of carbonyl (C=O) groups is 2. The quantitative estimate of drug-likeness (QED) is 0.382. The largest absolute Gasteiger partial charge is 0.465 e. The number of hydrogen-bond acceptors (Lipinski definition) is 8. The summed E-state index contributed by atoms with van der Waals surface area (Å²) < 4.78 is 33.6. The lowest BCUT2D eigenvalue weighted by molar-refractivity contribution is -0.113. The maximum absolute atomic E-state index is 12.9. The van der Waals surface area contributed by atoms with Crippen molar-refractivity contribution in [1.82, 2.24) is 9.29 Å². The molecule has 1 N–H and O–H groups in total. The Morgan fingerprint density at radius 2 is 1.91 bits per heavy atom. The van der Waals surface area contributed by atoms with Crippen molar-refractivity contribution >= 4 is 60.9 Å². The van der Waals surface area contributed by atoms with Crippen LogP contribution < -0.4 is 5.32 Å². The number of aromatic nitrogens is 1. The van der Waals surface area contributed by atoms with Gasteiger partial charge in [-0.05, 0) is 43.2 Å². The van der Waals surface area contributed by atoms with Gasteiger partial charge in [-0.2, -0.15) is 4.31 Å². The number of sulfonamides is 1. The van der Waals surface area contributed by atoms with E-state index in [1.54, 1.807) is 46.8 Å². The van der Waals surface area contributed by atoms with E-state index in [1.165, 1.54) is 30.2 Å². The number of ether oxygens (including phenoxy) is 1. The summed E-state index contributed by atoms with van der Waals surface area (Å²) in [6.07, 6.45) is 2.83. The summed E-state index contributed by atoms with van der Waals surface area (Å²) in [6.45, 7) is 1.11. The number of hydrogen-bond donors (Lipinski definition) is 1. The van der Waals surface area contributed by atoms with E-state index < -0.39 is 16.0 Å². The molecule has 11 heteroatoms. The van der Waals surface area contributed by atoms with E-state index in [4.69, 9.17) is 4.74 Å². The van der Waals surface area contributed by atoms with Crippen LogP contribution in [0.3, 0.4) is 0 Å². The molecule has 0 saturated carbocycles. The van der Waals surface area contributed by atoms with E-state index in [0.717, 1.165) is 24.0 Å². The van der Waals surface area contributed by atoms with E-state index in [1.807, 2.05) is 0 Å². The topological polar surface area (TPSA) is 106 Å². The summed E-state index contributed by atoms with van der Waals surface area (Å²) in [5.74, 6) is -0.724. The second-order valence-corrected chi connectivity index (χ2v) is 11.6. The van der Waals surface area contributed by atoms with Crippen LogP contribution in [0.25, 0.3) is 10.2 Å². The van der Waals surface area contributed by atoms with Crippen LogP contribution >= 0.6 is 23.1 Å². The van der Waals surface area contributed by atoms with E-state index in [9.17, 15) is 18.0 Å². The van der Waals surface area contributed by atoms with E-state index in [2.05, 4.69) is 10.3 Å². The molecule has 4 rings (SSSR count). The van der Waals surface area contributed by atoms with Gasteiger partial charge >= 0.3 is 5.97 Å². The van der Waals surface area contributed by atoms with Gasteiger partial charge in [0, 0.05) is 13.1 Å². The van der Waals surface area contributed by atoms with Gasteiger partial charge in [0.25, 0.3) is 0 Å². The van der Waals surface area contributed by atoms with E-state index in [0.29, 0.717) is 28.6 Å². The van der Waals surface area contributed by atoms with Crippen LogP contribution in [0.2, 0.25) is 0 Å². The zero-order chi connectivity index (χ0) is 23.4. The van der Waals surface area contributed by atoms with Crippen LogP contribution in [0, 0.1) is 0 Å². The number of amides is 1. The van der Waals surface area contributed by atoms with Crippen molar-refractivity contribution in [2.75, 3.05) is 31.3 Å². The molecule has 1 amide bonds. The van der Waals surface area contributed by atoms with Crippen molar-refractivity contribution in [3.8, 4) is 0 Å². The van der Waals surface area contributed by atoms with Gasteiger partial charge in [0.1, 0.15) is 0 Å². The fraction of sp³-hybridized carbons (Fsp3) is 0.318. The standard InChI is InChI=1S/C22H23N3O5S3/c1-30-21(27)16-7-3-4-8-17(16)23-20(26)14-31-22-24-18-10-9-15(13-19(18)32-22)33(28,29)25-11-5-2-6-12-25/h3-4,7-10,13H,2,5-6,11-12,14H2,1H3,(H,23,26). The van der Waals surface area contributed by atoms with Gasteiger partial charge in [0.15, 0.2) is 4.34 Å². The first-order chi connectivity index (χ1) is 15.9. The van der Waals surface area contributed by atoms with Gasteiger partial charge in [-0.15, -0.1) is 11.3 Å². The molecule has 1 fully saturated rings. The van der Waals surface area contributed by atoms with Gasteiger partial charge < -0.3 is 10.1 Å². The number of rotatable bonds is 7. The number of esters is 1. The first-order valence-electron chi connectivity index (χ1n) is 10.4. The highest BCUT2D eigenvalue weighted by molar-refractivity contribution is 8.01. The lowest BCUT2D eigenvalue weighted by atomic mass is 10.2. The Morgan fingerprint density at radius 1 is 1.15 bits per heavy atom. The van der Waals surface area contributed by atoms with Crippen LogP contribution in [0.1, 0.15) is 29.6 Å². The summed E-state index contributed by atoms with van der Waals surface area (Å²) in [5.41, 5.74) is 1.35. The number of piperidine rings is 1. The summed E-state index contributed by atoms with van der Waals surface area (Å²) >= 11 is 2.60. The minimum Gasteiger partial charge on any atom is -0.465 e. The monoisotopic (exact) mass is 505 g/mol. The Morgan fingerprint density at radius 3 is 2.67 bits per heavy atom. The number of nitrogens with one attached hydrogen (secondary N) is 1. The molecular formula is C22H23N3O5S3. The fourth-order valence-corrected chi connectivity index (χ4v) is 7.08. The number of methoxy groups -OCH3 is 1. The lowest BCUT2D eigenvalue weighted by Crippen LogP contribution is -2.35. The van der Waals surface area contributed by atoms with Crippen LogP contribution in [0.5, 0.6) is 0 Å². The molecule has 0 aliphatic carbocycles. The predicted molar refractivity (Wildman–Crippen MR) is 129 cm³/mol. The molecule has 2 aromatic carbocycles. The van der Waals surface area contributed by atoms with E-state index >= 15 is 0 Å². The van der Waals surface area contributed by atoms with Gasteiger partial charge in [0.05, 0.1) is 39.2 Å². The molecule has 8 nitrogen and oxygen atoms in total. The molecule has 0 radical (unpaired) electrons. The number of benzene rings is 2. The third-order valence-electron chi connectivity index (χ3n) is 5.23. The average Bonchev–Trinajstić information content (AvgIpc) is 3.25. The molecule has 3 aromatic rings. The molecule has 1 saturated heterocycles. The van der Waals surface area contributed by atoms with Gasteiger partial charge in [-0.25, -0.2) is 18.2 Å². The number of fused-ring (bicyclic) bond motifs is 1. The minimum atomic E-state index is -3.51. The highest BCUT2D eigenvalue weighted by atomic mass is 32.2. The third-order valence-corrected chi connectivity index (χ3v) is 9.28. The Bertz CT molecular complexity index is 1280. The van der Waals surface area contributed by atoms with Gasteiger partial charge in [-0.3, -0.25) is 4.79 Å². The molecule has 2 heterocycles. The van der Waals surface area contributed by atoms with Crippen molar-refractivity contribution in [3.05, 3.63) is 48.0 Å². The lowest BCUT2D eigenvalue weighted by Gasteiger charge is -2.25. The SMILES string of the molecule is COC(=O)c1ccccc1NC(=O)CSc1nc2ccc(S(=O)(=O)N3CCCCC3)cc2s1. The molecule has 0 spiro atoms. The number of thiazole rings is 1. The van der Waals surface area contributed by atoms with Crippen molar-refractivity contribution in [1.29, 1.82) is 0 Å². The molecule has 1 aliphatic heterocycles. The zero-order valence-electron chi connectivity index (χ0n) is 17.9. The molecule has 0 bridgehead atoms. The third kappa shape index (κ3) is 5.37. The summed E-state index contributed by atoms with van der Waals surface area (Å²) in [5, 5.41) is 2.73. The van der Waals surface area contributed by atoms with Crippen LogP contribution in [0.15, 0.2) is 51.7 Å². The van der Waals surface area contributed by atoms with Gasteiger partial charge in [0.2, 0.25) is 15.9 Å². The second kappa shape index (κ2) is 10.2. The summed E-state index contributed by atoms with van der Waals surface area (Å²) in [4.78, 5) is 29.1. The number of carbonyl (C=O) groups excluding carboxylic acids is 2. The number of para-hydroxylation sites is 1. The Balaban J connectivity index is 1.44. The van der Waals surface area contributed by atoms with Crippen LogP contribution in [-0.2, 0) is 19.6 Å². The molecule has 1 aliphatic rings. The van der Waals surface area contributed by atoms with Crippen molar-refractivity contribution in [3.63, 3.8) is 0 Å². The van der Waals surface area contributed by atoms with Gasteiger partial charge in [-0.1, -0.05) is 30.3 Å². The maximum atomic E-state index is 12.9. The second-order valence-electron chi connectivity index (χ2n) is 7.45. The highest BCUT2D eigenvalue weighted by Gasteiger charge is 2.26. The first-order valence-corrected chi connectivity index (χ1v) is 13.6. The Hall–Kier alpha value is -2.47. The van der Waals surface area contributed by atoms with Crippen LogP contribution in [0.4, 0.5) is 5.69 Å². The highest BCUT2D eigenvalue weighted by Crippen LogP contribution is 2.32. The molecule has 1 aromatic heterocycles. The molecule has 33 heavy (non-hydrogen) atoms. The maximum Gasteiger partial charge on any atom is 0.339 e. The number of anilines is 1. The normalized spacial score (nSPS) is 14.8. The zero-order valence-corrected chi connectivity index (χ0v) is 20.4. The van der Waals surface area contributed by atoms with Crippen molar-refractivity contribution < 1.29 is 22.7 Å². The van der Waals surface area contributed by atoms with Crippen molar-refractivity contribution in [2.45, 2.75) is 28.5 Å². The Kier molecular flexibility index (Phi) is 7.32. The smallest absolute Gasteiger partial charge is 0.339 e. The Labute approximate surface area is 200 Å². The van der Waals surface area contributed by atoms with E-state index in [-0.39, 0.29) is 22.1 Å². The van der Waals surface area contributed by atoms with Crippen LogP contribution in [-0.4, -0.2) is 55.5 Å². The molecule has 174 valence electrons. The summed E-state index contributed by atoms with van der Waals surface area (Å²) in [6, 6.07) is 11.6. The average molecular weight is 506 g/mol. The minimum absolute atomic E-state index is 0.0915. The summed E-state index contributed by atoms with van der Waals surface area (Å²) in [7, 11) is -2.23. The number of thioether (sulfide) groups is 1. The predicted octanol–water partition coefficient (Wildman–Crippen LogP) is 3.99. The molecule has 0 unspecified atom stereocenters. The fourth-order valence-electron chi connectivity index (χ4n) is 3.55. The molecule has 0 atom stereocenters. The van der Waals surface area contributed by atoms with Crippen molar-refractivity contribution in [2.24, 2.45) is 0 Å².